The van der Waals surface area contributed by atoms with Crippen molar-refractivity contribution in [2.45, 2.75) is 55.9 Å². The molecule has 41 heavy (non-hydrogen) atoms. The summed E-state index contributed by atoms with van der Waals surface area (Å²) in [4.78, 5) is 37.5. The zero-order chi connectivity index (χ0) is 28.5. The van der Waals surface area contributed by atoms with E-state index in [1.165, 1.54) is 6.33 Å². The van der Waals surface area contributed by atoms with Crippen molar-refractivity contribution in [3.05, 3.63) is 83.9 Å². The maximum Gasteiger partial charge on any atom is 0.374 e. The first-order valence-corrected chi connectivity index (χ1v) is 13.9. The van der Waals surface area contributed by atoms with Gasteiger partial charge >= 0.3 is 5.97 Å². The SMILES string of the molecule is O=C(O)c1nc(NCC(c2ccccc2)c2ccccc2)c2ncn([C@@H]3C[C@H](NC(=O)C4CCC4)[C@@H](O)[C@H]3O)c2n1. The lowest BCUT2D eigenvalue weighted by molar-refractivity contribution is -0.129. The number of carbonyl (C=O) groups excluding carboxylic acids is 1. The van der Waals surface area contributed by atoms with Crippen LogP contribution in [0.4, 0.5) is 5.82 Å². The molecule has 5 N–H and O–H groups in total. The molecule has 4 aromatic rings. The van der Waals surface area contributed by atoms with E-state index >= 15 is 0 Å². The van der Waals surface area contributed by atoms with Gasteiger partial charge in [0.2, 0.25) is 11.7 Å². The Kier molecular flexibility index (Phi) is 7.38. The molecule has 0 saturated heterocycles. The van der Waals surface area contributed by atoms with E-state index in [0.29, 0.717) is 12.1 Å². The van der Waals surface area contributed by atoms with Crippen molar-refractivity contribution in [2.24, 2.45) is 5.92 Å². The number of nitrogens with zero attached hydrogens (tertiary/aromatic N) is 4. The van der Waals surface area contributed by atoms with Crippen LogP contribution < -0.4 is 10.6 Å². The summed E-state index contributed by atoms with van der Waals surface area (Å²) in [6.45, 7) is 0.409. The van der Waals surface area contributed by atoms with Gasteiger partial charge in [0.05, 0.1) is 18.4 Å². The molecular formula is C30H32N6O5. The Morgan fingerprint density at radius 1 is 0.951 bits per heavy atom. The van der Waals surface area contributed by atoms with E-state index in [4.69, 9.17) is 0 Å². The quantitative estimate of drug-likeness (QED) is 0.209. The van der Waals surface area contributed by atoms with Crippen LogP contribution in [0.2, 0.25) is 0 Å². The van der Waals surface area contributed by atoms with Crippen molar-refractivity contribution >= 4 is 28.9 Å². The molecule has 2 aliphatic rings. The van der Waals surface area contributed by atoms with Crippen LogP contribution in [0.25, 0.3) is 11.2 Å². The Hall–Kier alpha value is -4.35. The number of carboxylic acids is 1. The van der Waals surface area contributed by atoms with Gasteiger partial charge in [0.1, 0.15) is 17.7 Å². The second-order valence-electron chi connectivity index (χ2n) is 10.8. The molecule has 212 valence electrons. The molecule has 6 rings (SSSR count). The molecule has 4 atom stereocenters. The van der Waals surface area contributed by atoms with Crippen molar-refractivity contribution in [3.63, 3.8) is 0 Å². The van der Waals surface area contributed by atoms with Gasteiger partial charge in [-0.3, -0.25) is 4.79 Å². The molecule has 0 aliphatic heterocycles. The molecule has 1 amide bonds. The van der Waals surface area contributed by atoms with Gasteiger partial charge < -0.3 is 30.5 Å². The van der Waals surface area contributed by atoms with Crippen LogP contribution >= 0.6 is 0 Å². The maximum absolute atomic E-state index is 12.5. The summed E-state index contributed by atoms with van der Waals surface area (Å²) in [5.74, 6) is -1.68. The molecule has 2 aromatic heterocycles. The van der Waals surface area contributed by atoms with Crippen LogP contribution in [0.3, 0.4) is 0 Å². The lowest BCUT2D eigenvalue weighted by Gasteiger charge is -2.27. The summed E-state index contributed by atoms with van der Waals surface area (Å²) in [5, 5.41) is 37.7. The molecule has 2 fully saturated rings. The highest BCUT2D eigenvalue weighted by Gasteiger charge is 2.44. The molecule has 0 unspecified atom stereocenters. The van der Waals surface area contributed by atoms with Gasteiger partial charge in [0, 0.05) is 18.4 Å². The van der Waals surface area contributed by atoms with Crippen molar-refractivity contribution in [1.29, 1.82) is 0 Å². The third kappa shape index (κ3) is 5.25. The fourth-order valence-corrected chi connectivity index (χ4v) is 5.77. The minimum absolute atomic E-state index is 0.0513. The minimum Gasteiger partial charge on any atom is -0.475 e. The monoisotopic (exact) mass is 556 g/mol. The van der Waals surface area contributed by atoms with Gasteiger partial charge in [0.15, 0.2) is 11.5 Å². The molecule has 11 nitrogen and oxygen atoms in total. The summed E-state index contributed by atoms with van der Waals surface area (Å²) in [6.07, 6.45) is 1.98. The van der Waals surface area contributed by atoms with Crippen LogP contribution in [-0.4, -0.2) is 71.5 Å². The van der Waals surface area contributed by atoms with Gasteiger partial charge in [-0.1, -0.05) is 67.1 Å². The Bertz CT molecular complexity index is 1500. The standard InChI is InChI=1S/C30H32N6O5/c37-24-21(33-29(39)19-12-7-13-19)14-22(25(24)38)36-16-32-23-26(34-27(30(40)41)35-28(23)36)31-15-20(17-8-3-1-4-9-17)18-10-5-2-6-11-18/h1-6,8-11,16,19-22,24-25,37-38H,7,12-15H2,(H,33,39)(H,40,41)(H,31,34,35)/t21-,22+,24+,25-/m0/s1. The maximum atomic E-state index is 12.5. The molecular weight excluding hydrogens is 524 g/mol. The number of benzene rings is 2. The molecule has 2 aromatic carbocycles. The minimum atomic E-state index is -1.30. The number of aliphatic hydroxyl groups is 2. The molecule has 0 radical (unpaired) electrons. The number of hydrogen-bond acceptors (Lipinski definition) is 8. The van der Waals surface area contributed by atoms with Crippen LogP contribution in [0.15, 0.2) is 67.0 Å². The number of fused-ring (bicyclic) bond motifs is 1. The number of rotatable bonds is 9. The molecule has 2 saturated carbocycles. The highest BCUT2D eigenvalue weighted by atomic mass is 16.4. The number of carboxylic acid groups (broad SMARTS) is 1. The van der Waals surface area contributed by atoms with E-state index in [2.05, 4.69) is 25.6 Å². The molecule has 0 bridgehead atoms. The van der Waals surface area contributed by atoms with E-state index in [0.717, 1.165) is 30.4 Å². The van der Waals surface area contributed by atoms with Crippen molar-refractivity contribution < 1.29 is 24.9 Å². The van der Waals surface area contributed by atoms with Crippen LogP contribution in [0.5, 0.6) is 0 Å². The second-order valence-corrected chi connectivity index (χ2v) is 10.8. The first-order chi connectivity index (χ1) is 19.9. The normalized spacial score (nSPS) is 22.5. The van der Waals surface area contributed by atoms with E-state index in [1.807, 2.05) is 60.7 Å². The Balaban J connectivity index is 1.30. The van der Waals surface area contributed by atoms with E-state index < -0.39 is 36.1 Å². The third-order valence-corrected chi connectivity index (χ3v) is 8.30. The van der Waals surface area contributed by atoms with Gasteiger partial charge in [-0.15, -0.1) is 0 Å². The topological polar surface area (TPSA) is 162 Å². The smallest absolute Gasteiger partial charge is 0.374 e. The summed E-state index contributed by atoms with van der Waals surface area (Å²) in [6, 6.07) is 18.7. The van der Waals surface area contributed by atoms with Crippen LogP contribution in [-0.2, 0) is 4.79 Å². The average molecular weight is 557 g/mol. The van der Waals surface area contributed by atoms with E-state index in [-0.39, 0.29) is 35.6 Å². The highest BCUT2D eigenvalue weighted by molar-refractivity contribution is 5.90. The largest absolute Gasteiger partial charge is 0.475 e. The summed E-state index contributed by atoms with van der Waals surface area (Å²) in [7, 11) is 0. The van der Waals surface area contributed by atoms with Crippen LogP contribution in [0, 0.1) is 5.92 Å². The number of imidazole rings is 1. The van der Waals surface area contributed by atoms with Crippen molar-refractivity contribution in [1.82, 2.24) is 24.8 Å². The zero-order valence-corrected chi connectivity index (χ0v) is 22.3. The second kappa shape index (κ2) is 11.3. The number of anilines is 1. The number of carbonyl (C=O) groups is 2. The van der Waals surface area contributed by atoms with Gasteiger partial charge in [-0.25, -0.2) is 19.7 Å². The highest BCUT2D eigenvalue weighted by Crippen LogP contribution is 2.35. The number of aromatic nitrogens is 4. The number of aliphatic hydroxyl groups excluding tert-OH is 2. The predicted octanol–water partition coefficient (Wildman–Crippen LogP) is 2.72. The lowest BCUT2D eigenvalue weighted by atomic mass is 9.84. The fraction of sp³-hybridized carbons (Fsp3) is 0.367. The van der Waals surface area contributed by atoms with Gasteiger partial charge in [0.25, 0.3) is 0 Å². The van der Waals surface area contributed by atoms with Gasteiger partial charge in [-0.2, -0.15) is 0 Å². The number of aromatic carboxylic acids is 1. The Morgan fingerprint density at radius 3 is 2.20 bits per heavy atom. The van der Waals surface area contributed by atoms with E-state index in [1.54, 1.807) is 4.57 Å². The number of nitrogens with one attached hydrogen (secondary N) is 2. The fourth-order valence-electron chi connectivity index (χ4n) is 5.77. The zero-order valence-electron chi connectivity index (χ0n) is 22.3. The molecule has 11 heteroatoms. The third-order valence-electron chi connectivity index (χ3n) is 8.30. The van der Waals surface area contributed by atoms with Crippen molar-refractivity contribution in [2.75, 3.05) is 11.9 Å². The predicted molar refractivity (Wildman–Crippen MR) is 150 cm³/mol. The molecule has 0 spiro atoms. The average Bonchev–Trinajstić information content (AvgIpc) is 3.49. The molecule has 2 aliphatic carbocycles. The lowest BCUT2D eigenvalue weighted by Crippen LogP contribution is -2.46. The summed E-state index contributed by atoms with van der Waals surface area (Å²) >= 11 is 0. The molecule has 2 heterocycles. The summed E-state index contributed by atoms with van der Waals surface area (Å²) in [5.41, 5.74) is 2.73. The summed E-state index contributed by atoms with van der Waals surface area (Å²) < 4.78 is 1.57. The van der Waals surface area contributed by atoms with Gasteiger partial charge in [-0.05, 0) is 30.4 Å². The first-order valence-electron chi connectivity index (χ1n) is 13.9. The van der Waals surface area contributed by atoms with Crippen molar-refractivity contribution in [3.8, 4) is 0 Å². The van der Waals surface area contributed by atoms with E-state index in [9.17, 15) is 24.9 Å². The number of amides is 1. The Labute approximate surface area is 236 Å². The first kappa shape index (κ1) is 26.9. The van der Waals surface area contributed by atoms with Crippen LogP contribution in [0.1, 0.15) is 59.4 Å². The number of hydrogen-bond donors (Lipinski definition) is 5. The Morgan fingerprint density at radius 2 is 1.61 bits per heavy atom.